The number of carbonyl (C=O) groups excluding carboxylic acids is 1. The number of thioether (sulfide) groups is 1. The van der Waals surface area contributed by atoms with Gasteiger partial charge in [-0.15, -0.1) is 11.3 Å². The van der Waals surface area contributed by atoms with E-state index in [0.29, 0.717) is 21.7 Å². The molecular weight excluding hydrogens is 376 g/mol. The topological polar surface area (TPSA) is 105 Å². The number of hydrogen-bond donors (Lipinski definition) is 1. The number of aromatic amines is 1. The molecule has 0 fully saturated rings. The zero-order valence-electron chi connectivity index (χ0n) is 14.4. The number of pyridine rings is 1. The Morgan fingerprint density at radius 3 is 2.48 bits per heavy atom. The first-order valence-electron chi connectivity index (χ1n) is 8.00. The quantitative estimate of drug-likeness (QED) is 0.525. The molecule has 0 bridgehead atoms. The third-order valence-electron chi connectivity index (χ3n) is 3.96. The van der Waals surface area contributed by atoms with Crippen LogP contribution in [0.4, 0.5) is 5.82 Å². The van der Waals surface area contributed by atoms with Crippen molar-refractivity contribution in [1.29, 1.82) is 10.5 Å². The molecule has 0 amide bonds. The number of anilines is 1. The van der Waals surface area contributed by atoms with E-state index in [1.54, 1.807) is 12.1 Å². The highest BCUT2D eigenvalue weighted by atomic mass is 32.2. The lowest BCUT2D eigenvalue weighted by Crippen LogP contribution is -2.19. The lowest BCUT2D eigenvalue weighted by molar-refractivity contribution is -0.410. The number of carbonyl (C=O) groups is 1. The van der Waals surface area contributed by atoms with E-state index in [0.717, 1.165) is 10.4 Å². The van der Waals surface area contributed by atoms with Crippen molar-refractivity contribution >= 4 is 34.7 Å². The van der Waals surface area contributed by atoms with Gasteiger partial charge in [0.25, 0.3) is 5.82 Å². The standard InChI is InChI=1S/C20H14N4OS2/c1-12-4-6-13(7-5-12)16(25)11-27-20-15(10-22)18(17-3-2-8-26-17)14(9-21)19(23)24-20/h2-8H,11H2,1H3,(H2,23,24)/p+1. The van der Waals surface area contributed by atoms with Crippen molar-refractivity contribution in [2.24, 2.45) is 0 Å². The van der Waals surface area contributed by atoms with Gasteiger partial charge < -0.3 is 0 Å². The van der Waals surface area contributed by atoms with E-state index in [1.807, 2.05) is 36.6 Å². The molecule has 2 aromatic heterocycles. The number of nitrogens with one attached hydrogen (secondary N) is 1. The average molecular weight is 392 g/mol. The molecule has 27 heavy (non-hydrogen) atoms. The van der Waals surface area contributed by atoms with Gasteiger partial charge in [-0.2, -0.15) is 10.5 Å². The van der Waals surface area contributed by atoms with E-state index in [2.05, 4.69) is 17.1 Å². The van der Waals surface area contributed by atoms with Crippen LogP contribution in [0, 0.1) is 29.6 Å². The van der Waals surface area contributed by atoms with Crippen LogP contribution < -0.4 is 10.7 Å². The minimum atomic E-state index is -0.0436. The van der Waals surface area contributed by atoms with E-state index >= 15 is 0 Å². The van der Waals surface area contributed by atoms with Crippen LogP contribution >= 0.6 is 23.1 Å². The number of nitrogen functional groups attached to an aromatic ring is 1. The van der Waals surface area contributed by atoms with Gasteiger partial charge in [-0.25, -0.2) is 4.98 Å². The average Bonchev–Trinajstić information content (AvgIpc) is 3.20. The summed E-state index contributed by atoms with van der Waals surface area (Å²) < 4.78 is 0. The highest BCUT2D eigenvalue weighted by molar-refractivity contribution is 7.99. The van der Waals surface area contributed by atoms with Crippen LogP contribution in [-0.2, 0) is 0 Å². The number of nitrogens with two attached hydrogens (primary N) is 1. The molecule has 3 rings (SSSR count). The summed E-state index contributed by atoms with van der Waals surface area (Å²) in [7, 11) is 0. The van der Waals surface area contributed by atoms with Gasteiger partial charge in [0.2, 0.25) is 0 Å². The molecule has 3 N–H and O–H groups in total. The fourth-order valence-corrected chi connectivity index (χ4v) is 4.28. The van der Waals surface area contributed by atoms with Gasteiger partial charge in [-0.3, -0.25) is 10.5 Å². The second-order valence-corrected chi connectivity index (χ2v) is 7.70. The van der Waals surface area contributed by atoms with Crippen molar-refractivity contribution in [1.82, 2.24) is 0 Å². The maximum Gasteiger partial charge on any atom is 0.289 e. The molecule has 5 nitrogen and oxygen atoms in total. The molecule has 0 aliphatic rings. The van der Waals surface area contributed by atoms with E-state index in [9.17, 15) is 15.3 Å². The van der Waals surface area contributed by atoms with E-state index in [4.69, 9.17) is 5.73 Å². The Morgan fingerprint density at radius 2 is 1.89 bits per heavy atom. The molecule has 0 spiro atoms. The zero-order valence-corrected chi connectivity index (χ0v) is 16.1. The predicted octanol–water partition coefficient (Wildman–Crippen LogP) is 3.84. The lowest BCUT2D eigenvalue weighted by Gasteiger charge is -2.08. The molecule has 0 atom stereocenters. The maximum atomic E-state index is 12.5. The third kappa shape index (κ3) is 3.85. The molecular formula is C20H15N4OS2+. The Labute approximate surface area is 165 Å². The molecule has 2 heterocycles. The normalized spacial score (nSPS) is 10.2. The Bertz CT molecular complexity index is 1080. The third-order valence-corrected chi connectivity index (χ3v) is 5.85. The molecule has 0 radical (unpaired) electrons. The van der Waals surface area contributed by atoms with E-state index in [-0.39, 0.29) is 22.9 Å². The molecule has 7 heteroatoms. The number of H-pyrrole nitrogens is 1. The number of thiophene rings is 1. The number of nitrogens with zero attached hydrogens (tertiary/aromatic N) is 2. The predicted molar refractivity (Wildman–Crippen MR) is 106 cm³/mol. The molecule has 1 aromatic carbocycles. The Morgan fingerprint density at radius 1 is 1.19 bits per heavy atom. The number of nitriles is 2. The van der Waals surface area contributed by atoms with Crippen LogP contribution in [0.15, 0.2) is 46.8 Å². The van der Waals surface area contributed by atoms with Crippen molar-refractivity contribution in [2.75, 3.05) is 11.5 Å². The zero-order chi connectivity index (χ0) is 19.4. The summed E-state index contributed by atoms with van der Waals surface area (Å²) in [5.74, 6) is 0.298. The second-order valence-electron chi connectivity index (χ2n) is 5.77. The molecule has 0 aliphatic carbocycles. The monoisotopic (exact) mass is 391 g/mol. The highest BCUT2D eigenvalue weighted by Gasteiger charge is 2.24. The number of benzene rings is 1. The van der Waals surface area contributed by atoms with Crippen molar-refractivity contribution in [3.05, 3.63) is 64.0 Å². The number of Topliss-reactive ketones (excluding diaryl/α,β-unsaturated/α-hetero) is 1. The van der Waals surface area contributed by atoms with Gasteiger partial charge in [-0.05, 0) is 18.4 Å². The Hall–Kier alpha value is -3.13. The van der Waals surface area contributed by atoms with Gasteiger partial charge in [0.05, 0.1) is 5.75 Å². The highest BCUT2D eigenvalue weighted by Crippen LogP contribution is 2.36. The van der Waals surface area contributed by atoms with Crippen LogP contribution in [0.2, 0.25) is 0 Å². The Balaban J connectivity index is 1.97. The first kappa shape index (κ1) is 18.7. The molecule has 0 saturated carbocycles. The fraction of sp³-hybridized carbons (Fsp3) is 0.100. The summed E-state index contributed by atoms with van der Waals surface area (Å²) in [4.78, 5) is 16.2. The first-order chi connectivity index (χ1) is 13.0. The maximum absolute atomic E-state index is 12.5. The van der Waals surface area contributed by atoms with Crippen molar-refractivity contribution in [3.63, 3.8) is 0 Å². The molecule has 132 valence electrons. The lowest BCUT2D eigenvalue weighted by atomic mass is 10.0. The van der Waals surface area contributed by atoms with Crippen LogP contribution in [0.3, 0.4) is 0 Å². The first-order valence-corrected chi connectivity index (χ1v) is 9.87. The number of hydrogen-bond acceptors (Lipinski definition) is 6. The van der Waals surface area contributed by atoms with E-state index in [1.165, 1.54) is 23.1 Å². The van der Waals surface area contributed by atoms with Crippen molar-refractivity contribution < 1.29 is 9.78 Å². The van der Waals surface area contributed by atoms with Gasteiger partial charge in [-0.1, -0.05) is 47.7 Å². The number of rotatable bonds is 5. The summed E-state index contributed by atoms with van der Waals surface area (Å²) in [6, 6.07) is 15.3. The summed E-state index contributed by atoms with van der Waals surface area (Å²) >= 11 is 2.64. The van der Waals surface area contributed by atoms with Gasteiger partial charge in [0, 0.05) is 16.0 Å². The summed E-state index contributed by atoms with van der Waals surface area (Å²) in [5.41, 5.74) is 8.79. The molecule has 0 saturated heterocycles. The largest absolute Gasteiger partial charge is 0.293 e. The minimum absolute atomic E-state index is 0.0436. The SMILES string of the molecule is Cc1ccc(C(=O)CSc2[nH+]c(N)c(C#N)c(-c3cccs3)c2C#N)cc1. The number of aromatic nitrogens is 1. The van der Waals surface area contributed by atoms with Crippen molar-refractivity contribution in [2.45, 2.75) is 11.9 Å². The smallest absolute Gasteiger partial charge is 0.289 e. The van der Waals surface area contributed by atoms with Crippen LogP contribution in [0.1, 0.15) is 27.0 Å². The number of ketones is 1. The Kier molecular flexibility index (Phi) is 5.56. The fourth-order valence-electron chi connectivity index (χ4n) is 2.58. The number of aryl methyl sites for hydroxylation is 1. The molecule has 0 unspecified atom stereocenters. The summed E-state index contributed by atoms with van der Waals surface area (Å²) in [6.45, 7) is 1.96. The summed E-state index contributed by atoms with van der Waals surface area (Å²) in [6.07, 6.45) is 0. The minimum Gasteiger partial charge on any atom is -0.293 e. The second kappa shape index (κ2) is 8.05. The molecule has 3 aromatic rings. The van der Waals surface area contributed by atoms with Gasteiger partial charge >= 0.3 is 0 Å². The van der Waals surface area contributed by atoms with Crippen LogP contribution in [0.5, 0.6) is 0 Å². The van der Waals surface area contributed by atoms with Crippen molar-refractivity contribution in [3.8, 4) is 22.6 Å². The van der Waals surface area contributed by atoms with Gasteiger partial charge in [0.15, 0.2) is 16.4 Å². The van der Waals surface area contributed by atoms with Crippen LogP contribution in [0.25, 0.3) is 10.4 Å². The summed E-state index contributed by atoms with van der Waals surface area (Å²) in [5, 5.41) is 21.5. The molecule has 0 aliphatic heterocycles. The van der Waals surface area contributed by atoms with E-state index < -0.39 is 0 Å². The van der Waals surface area contributed by atoms with Crippen LogP contribution in [-0.4, -0.2) is 11.5 Å². The van der Waals surface area contributed by atoms with Gasteiger partial charge in [0.1, 0.15) is 17.7 Å².